The van der Waals surface area contributed by atoms with Gasteiger partial charge in [-0.1, -0.05) is 48.5 Å². The summed E-state index contributed by atoms with van der Waals surface area (Å²) in [6.07, 6.45) is 9.36. The fourth-order valence-corrected chi connectivity index (χ4v) is 16.1. The Morgan fingerprint density at radius 2 is 0.550 bits per heavy atom. The fourth-order valence-electron chi connectivity index (χ4n) is 16.1. The van der Waals surface area contributed by atoms with Gasteiger partial charge in [-0.05, 0) is 268 Å². The number of H-pyrrole nitrogens is 4. The van der Waals surface area contributed by atoms with Gasteiger partial charge in [-0.2, -0.15) is 20.4 Å². The number of aromatic nitrogens is 8. The van der Waals surface area contributed by atoms with E-state index in [1.54, 1.807) is 0 Å². The number of benzene rings is 8. The van der Waals surface area contributed by atoms with E-state index in [1.807, 2.05) is 53.7 Å². The zero-order valence-electron chi connectivity index (χ0n) is 67.9. The first-order valence-corrected chi connectivity index (χ1v) is 38.5. The summed E-state index contributed by atoms with van der Waals surface area (Å²) in [5.41, 5.74) is 35.0. The smallest absolute Gasteiger partial charge is 0.258 e. The summed E-state index contributed by atoms with van der Waals surface area (Å²) in [5.74, 6) is 0. The number of rotatable bonds is 16. The Balaban J connectivity index is 0.000000138. The van der Waals surface area contributed by atoms with E-state index in [1.165, 1.54) is 78.3 Å². The molecule has 16 heteroatoms. The second-order valence-corrected chi connectivity index (χ2v) is 31.3. The number of hydrogen-bond acceptors (Lipinski definition) is 8. The van der Waals surface area contributed by atoms with Crippen LogP contribution in [0.3, 0.4) is 0 Å². The fraction of sp³-hybridized carbons (Fsp3) is 0.326. The Morgan fingerprint density at radius 3 is 0.748 bits per heavy atom. The van der Waals surface area contributed by atoms with Crippen LogP contribution >= 0.6 is 0 Å². The molecule has 4 aromatic heterocycles. The average Bonchev–Trinajstić information content (AvgIpc) is 1.68. The van der Waals surface area contributed by atoms with Gasteiger partial charge in [0.25, 0.3) is 22.2 Å². The lowest BCUT2D eigenvalue weighted by Gasteiger charge is -2.31. The third-order valence-corrected chi connectivity index (χ3v) is 23.5. The molecule has 12 aromatic rings. The first-order valence-electron chi connectivity index (χ1n) is 38.5. The van der Waals surface area contributed by atoms with Gasteiger partial charge in [0, 0.05) is 193 Å². The molecular formula is C95H104N16. The molecule has 564 valence electrons. The molecule has 16 nitrogen and oxygen atoms in total. The zero-order chi connectivity index (χ0) is 79.4. The Hall–Kier alpha value is -12.2. The van der Waals surface area contributed by atoms with Crippen LogP contribution in [-0.2, 0) is 22.2 Å². The molecule has 3 aliphatic carbocycles. The molecule has 0 atom stereocenters. The van der Waals surface area contributed by atoms with Crippen molar-refractivity contribution in [2.24, 2.45) is 0 Å². The molecule has 111 heavy (non-hydrogen) atoms. The van der Waals surface area contributed by atoms with Crippen LogP contribution < -0.4 is 19.6 Å². The van der Waals surface area contributed by atoms with Crippen molar-refractivity contribution >= 4 is 45.5 Å². The Labute approximate surface area is 657 Å². The summed E-state index contributed by atoms with van der Waals surface area (Å²) in [5, 5.41) is 29.6. The van der Waals surface area contributed by atoms with Gasteiger partial charge in [0.15, 0.2) is 0 Å². The summed E-state index contributed by atoms with van der Waals surface area (Å²) in [6, 6.07) is 60.1. The molecule has 0 unspecified atom stereocenters. The van der Waals surface area contributed by atoms with Crippen molar-refractivity contribution in [1.82, 2.24) is 40.8 Å². The van der Waals surface area contributed by atoms with Crippen molar-refractivity contribution in [2.45, 2.75) is 177 Å². The van der Waals surface area contributed by atoms with Crippen LogP contribution in [0.25, 0.3) is 63.9 Å². The van der Waals surface area contributed by atoms with Crippen LogP contribution in [0.15, 0.2) is 170 Å². The second kappa shape index (κ2) is 32.1. The van der Waals surface area contributed by atoms with Crippen molar-refractivity contribution in [3.63, 3.8) is 0 Å². The minimum atomic E-state index is -0.497. The van der Waals surface area contributed by atoms with E-state index in [-0.39, 0.29) is 16.6 Å². The number of nitrogens with one attached hydrogen (secondary N) is 4. The molecule has 0 saturated heterocycles. The van der Waals surface area contributed by atoms with Gasteiger partial charge in [-0.3, -0.25) is 20.4 Å². The van der Waals surface area contributed by atoms with Gasteiger partial charge < -0.3 is 39.0 Å². The van der Waals surface area contributed by atoms with Crippen molar-refractivity contribution < 1.29 is 0 Å². The summed E-state index contributed by atoms with van der Waals surface area (Å²) >= 11 is 0. The maximum atomic E-state index is 7.72. The Kier molecular flexibility index (Phi) is 22.7. The molecule has 0 aliphatic heterocycles. The Bertz CT molecular complexity index is 5290. The summed E-state index contributed by atoms with van der Waals surface area (Å²) in [6.45, 7) is 58.9. The predicted molar refractivity (Wildman–Crippen MR) is 457 cm³/mol. The van der Waals surface area contributed by atoms with Crippen LogP contribution in [0.4, 0.5) is 45.5 Å². The largest absolute Gasteiger partial charge is 0.344 e. The second-order valence-electron chi connectivity index (χ2n) is 31.3. The van der Waals surface area contributed by atoms with Gasteiger partial charge in [-0.15, -0.1) is 0 Å². The van der Waals surface area contributed by atoms with E-state index < -0.39 is 5.54 Å². The van der Waals surface area contributed by atoms with E-state index in [4.69, 9.17) is 26.3 Å². The molecule has 0 radical (unpaired) electrons. The highest BCUT2D eigenvalue weighted by molar-refractivity contribution is 5.81. The first-order chi connectivity index (χ1) is 53.1. The quantitative estimate of drug-likeness (QED) is 0.0700. The van der Waals surface area contributed by atoms with Gasteiger partial charge in [0.1, 0.15) is 0 Å². The lowest BCUT2D eigenvalue weighted by molar-refractivity contribution is 0.310. The molecule has 4 heterocycles. The maximum absolute atomic E-state index is 7.72. The van der Waals surface area contributed by atoms with Gasteiger partial charge >= 0.3 is 0 Å². The topological polar surface area (TPSA) is 145 Å². The molecule has 3 aliphatic rings. The van der Waals surface area contributed by atoms with Gasteiger partial charge in [0.05, 0.1) is 22.8 Å². The molecule has 0 spiro atoms. The lowest BCUT2D eigenvalue weighted by atomic mass is 9.72. The SMILES string of the molecule is [C-]#[N+]C(C)(C)c1ccc(N(C)c2cc(-c3c(C)n[nH]c3C)ccc2C)cc1.[C-]#[N+]C1(c2ccc(N(C)c3cc(-c4c(C)n[nH]c4C)ccc3C)cc2)CC1.[C-]#[N+]C1(c2ccc(N(C)c3cc(-c4c(C)n[nH]c4C)ccc3C)cc2)CCC1.[C-]#[N+]C1(c2ccc(N(C)c3cc(-c4c(C)n[nH]c4C)ccc3C)cc2)CCCC1. The highest BCUT2D eigenvalue weighted by Crippen LogP contribution is 2.51. The van der Waals surface area contributed by atoms with E-state index >= 15 is 0 Å². The molecule has 8 aromatic carbocycles. The third-order valence-electron chi connectivity index (χ3n) is 23.5. The number of anilines is 8. The molecule has 3 fully saturated rings. The molecule has 15 rings (SSSR count). The minimum Gasteiger partial charge on any atom is -0.344 e. The molecule has 0 bridgehead atoms. The van der Waals surface area contributed by atoms with Gasteiger partial charge in [0.2, 0.25) is 0 Å². The van der Waals surface area contributed by atoms with Crippen LogP contribution in [0.5, 0.6) is 0 Å². The predicted octanol–water partition coefficient (Wildman–Crippen LogP) is 24.1. The molecular weight excluding hydrogens is 1370 g/mol. The minimum absolute atomic E-state index is 0.247. The van der Waals surface area contributed by atoms with Crippen LogP contribution in [0, 0.1) is 109 Å². The van der Waals surface area contributed by atoms with Crippen molar-refractivity contribution in [2.75, 3.05) is 47.8 Å². The lowest BCUT2D eigenvalue weighted by Crippen LogP contribution is -2.30. The normalized spacial score (nSPS) is 14.1. The van der Waals surface area contributed by atoms with Crippen LogP contribution in [0.2, 0.25) is 0 Å². The van der Waals surface area contributed by atoms with Crippen molar-refractivity contribution in [3.8, 4) is 44.5 Å². The summed E-state index contributed by atoms with van der Waals surface area (Å²) < 4.78 is 0. The van der Waals surface area contributed by atoms with Crippen molar-refractivity contribution in [3.05, 3.63) is 306 Å². The summed E-state index contributed by atoms with van der Waals surface area (Å²) in [4.78, 5) is 24.4. The van der Waals surface area contributed by atoms with E-state index in [2.05, 4.69) is 321 Å². The first kappa shape index (κ1) is 78.3. The number of aryl methyl sites for hydroxylation is 12. The monoisotopic (exact) mass is 1470 g/mol. The molecule has 4 N–H and O–H groups in total. The third kappa shape index (κ3) is 15.9. The maximum Gasteiger partial charge on any atom is 0.258 e. The number of aromatic amines is 4. The Morgan fingerprint density at radius 1 is 0.315 bits per heavy atom. The zero-order valence-corrected chi connectivity index (χ0v) is 67.9. The summed E-state index contributed by atoms with van der Waals surface area (Å²) in [7, 11) is 8.38. The van der Waals surface area contributed by atoms with E-state index in [0.29, 0.717) is 0 Å². The number of nitrogens with zero attached hydrogens (tertiary/aromatic N) is 12. The van der Waals surface area contributed by atoms with Crippen molar-refractivity contribution in [1.29, 1.82) is 0 Å². The number of hydrogen-bond donors (Lipinski definition) is 4. The van der Waals surface area contributed by atoms with E-state index in [0.717, 1.165) is 160 Å². The standard InChI is InChI=1S/C25H28N4.C24H26N4.C23H24N4.C23H26N4/c1-17-8-9-20(24-18(2)27-28-19(24)3)16-23(17)29(5)22-12-10-21(11-13-22)25(26-4)14-6-7-15-25;1-16-7-8-19(23-17(2)26-27-18(23)3)15-22(16)28(5)21-11-9-20(10-12-21)24(25-4)13-6-14-24;1-15-6-7-18(22-16(2)25-26-17(22)3)14-21(15)27(5)20-10-8-19(9-11-20)23(24-4)12-13-23;1-15-8-9-18(22-16(2)25-26-17(22)3)14-21(15)27(7)20-12-10-19(11-13-20)23(4,5)24-6/h8-13,16H,6-7,14-15H2,1-3,5H3,(H,27,28);7-12,15H,6,13-14H2,1-3,5H3,(H,26,27);6-11,14H,12-13H2,1-3,5H3,(H,25,26);8-14H,1-5,7H3,(H,25,26). The average molecular weight is 1470 g/mol. The van der Waals surface area contributed by atoms with E-state index in [9.17, 15) is 0 Å². The highest BCUT2D eigenvalue weighted by atomic mass is 15.2. The van der Waals surface area contributed by atoms with Crippen LogP contribution in [-0.4, -0.2) is 69.0 Å². The van der Waals surface area contributed by atoms with Crippen LogP contribution in [0.1, 0.15) is 162 Å². The van der Waals surface area contributed by atoms with Gasteiger partial charge in [-0.25, -0.2) is 26.3 Å². The molecule has 0 amide bonds. The molecule has 3 saturated carbocycles. The highest BCUT2D eigenvalue weighted by Gasteiger charge is 2.52.